The van der Waals surface area contributed by atoms with Gasteiger partial charge >= 0.3 is 5.97 Å². The topological polar surface area (TPSA) is 46.5 Å². The van der Waals surface area contributed by atoms with Crippen molar-refractivity contribution in [3.8, 4) is 0 Å². The SMILES string of the molecule is C=CCCC(O)C(=C)C(=O)OC. The van der Waals surface area contributed by atoms with Crippen molar-refractivity contribution in [3.05, 3.63) is 24.8 Å². The van der Waals surface area contributed by atoms with Crippen molar-refractivity contribution in [2.75, 3.05) is 7.11 Å². The van der Waals surface area contributed by atoms with Gasteiger partial charge in [-0.25, -0.2) is 4.79 Å². The molecule has 0 aliphatic rings. The molecule has 12 heavy (non-hydrogen) atoms. The lowest BCUT2D eigenvalue weighted by Crippen LogP contribution is -2.17. The van der Waals surface area contributed by atoms with Gasteiger partial charge in [0.15, 0.2) is 0 Å². The molecule has 0 heterocycles. The highest BCUT2D eigenvalue weighted by atomic mass is 16.5. The maximum atomic E-state index is 10.8. The number of carbonyl (C=O) groups is 1. The standard InChI is InChI=1S/C9H14O3/c1-4-5-6-8(10)7(2)9(11)12-3/h4,8,10H,1-2,5-6H2,3H3. The minimum absolute atomic E-state index is 0.0966. The van der Waals surface area contributed by atoms with Crippen molar-refractivity contribution in [1.82, 2.24) is 0 Å². The third-order valence-corrected chi connectivity index (χ3v) is 1.49. The number of carbonyl (C=O) groups excluding carboxylic acids is 1. The van der Waals surface area contributed by atoms with Crippen LogP contribution in [-0.4, -0.2) is 24.3 Å². The normalized spacial score (nSPS) is 11.8. The van der Waals surface area contributed by atoms with E-state index in [9.17, 15) is 9.90 Å². The first-order chi connectivity index (χ1) is 5.63. The van der Waals surface area contributed by atoms with Crippen LogP contribution in [-0.2, 0) is 9.53 Å². The molecule has 3 heteroatoms. The second-order valence-corrected chi connectivity index (χ2v) is 2.40. The van der Waals surface area contributed by atoms with Crippen LogP contribution in [0.4, 0.5) is 0 Å². The van der Waals surface area contributed by atoms with Crippen LogP contribution in [0.15, 0.2) is 24.8 Å². The number of aliphatic hydroxyl groups is 1. The Kier molecular flexibility index (Phi) is 5.04. The van der Waals surface area contributed by atoms with Crippen LogP contribution in [0.2, 0.25) is 0 Å². The van der Waals surface area contributed by atoms with Gasteiger partial charge in [0, 0.05) is 0 Å². The molecule has 0 fully saturated rings. The van der Waals surface area contributed by atoms with Crippen LogP contribution >= 0.6 is 0 Å². The molecule has 0 aliphatic heterocycles. The first kappa shape index (κ1) is 10.9. The predicted octanol–water partition coefficient (Wildman–Crippen LogP) is 1.04. The number of hydrogen-bond acceptors (Lipinski definition) is 3. The van der Waals surface area contributed by atoms with Gasteiger partial charge in [-0.15, -0.1) is 6.58 Å². The van der Waals surface area contributed by atoms with E-state index in [0.717, 1.165) is 0 Å². The van der Waals surface area contributed by atoms with E-state index in [4.69, 9.17) is 0 Å². The van der Waals surface area contributed by atoms with E-state index < -0.39 is 12.1 Å². The van der Waals surface area contributed by atoms with E-state index in [2.05, 4.69) is 17.9 Å². The molecule has 68 valence electrons. The summed E-state index contributed by atoms with van der Waals surface area (Å²) >= 11 is 0. The maximum Gasteiger partial charge on any atom is 0.335 e. The second kappa shape index (κ2) is 5.55. The minimum atomic E-state index is -0.824. The van der Waals surface area contributed by atoms with Gasteiger partial charge in [0.2, 0.25) is 0 Å². The molecule has 0 saturated carbocycles. The van der Waals surface area contributed by atoms with E-state index >= 15 is 0 Å². The molecule has 1 atom stereocenters. The van der Waals surface area contributed by atoms with Crippen molar-refractivity contribution in [2.45, 2.75) is 18.9 Å². The zero-order valence-corrected chi connectivity index (χ0v) is 7.25. The van der Waals surface area contributed by atoms with E-state index in [0.29, 0.717) is 12.8 Å². The molecular weight excluding hydrogens is 156 g/mol. The Morgan fingerprint density at radius 2 is 2.33 bits per heavy atom. The Bertz CT molecular complexity index is 184. The van der Waals surface area contributed by atoms with Crippen molar-refractivity contribution in [3.63, 3.8) is 0 Å². The number of hydrogen-bond donors (Lipinski definition) is 1. The lowest BCUT2D eigenvalue weighted by atomic mass is 10.1. The fraction of sp³-hybridized carbons (Fsp3) is 0.444. The number of methoxy groups -OCH3 is 1. The smallest absolute Gasteiger partial charge is 0.335 e. The first-order valence-corrected chi connectivity index (χ1v) is 3.69. The number of ether oxygens (including phenoxy) is 1. The molecule has 3 nitrogen and oxygen atoms in total. The van der Waals surface area contributed by atoms with E-state index in [1.54, 1.807) is 6.08 Å². The number of allylic oxidation sites excluding steroid dienone is 1. The highest BCUT2D eigenvalue weighted by Gasteiger charge is 2.15. The van der Waals surface area contributed by atoms with Gasteiger partial charge in [-0.05, 0) is 12.8 Å². The number of esters is 1. The van der Waals surface area contributed by atoms with Crippen LogP contribution in [0.1, 0.15) is 12.8 Å². The van der Waals surface area contributed by atoms with Gasteiger partial charge in [0.1, 0.15) is 0 Å². The molecule has 0 bridgehead atoms. The zero-order valence-electron chi connectivity index (χ0n) is 7.25. The van der Waals surface area contributed by atoms with Crippen LogP contribution in [0.5, 0.6) is 0 Å². The molecule has 1 unspecified atom stereocenters. The summed E-state index contributed by atoms with van der Waals surface area (Å²) in [6.45, 7) is 6.92. The van der Waals surface area contributed by atoms with Gasteiger partial charge in [0.05, 0.1) is 18.8 Å². The maximum absolute atomic E-state index is 10.8. The first-order valence-electron chi connectivity index (χ1n) is 3.69. The quantitative estimate of drug-likeness (QED) is 0.381. The molecule has 0 aromatic carbocycles. The Balaban J connectivity index is 3.92. The molecule has 0 radical (unpaired) electrons. The summed E-state index contributed by atoms with van der Waals surface area (Å²) in [6.07, 6.45) is 1.96. The molecule has 0 aromatic rings. The van der Waals surface area contributed by atoms with Crippen LogP contribution < -0.4 is 0 Å². The monoisotopic (exact) mass is 170 g/mol. The van der Waals surface area contributed by atoms with Crippen molar-refractivity contribution in [1.29, 1.82) is 0 Å². The molecule has 0 saturated heterocycles. The minimum Gasteiger partial charge on any atom is -0.466 e. The summed E-state index contributed by atoms with van der Waals surface area (Å²) in [5, 5.41) is 9.30. The average Bonchev–Trinajstić information content (AvgIpc) is 2.11. The summed E-state index contributed by atoms with van der Waals surface area (Å²) in [4.78, 5) is 10.8. The largest absolute Gasteiger partial charge is 0.466 e. The summed E-state index contributed by atoms with van der Waals surface area (Å²) in [7, 11) is 1.26. The van der Waals surface area contributed by atoms with Crippen molar-refractivity contribution in [2.24, 2.45) is 0 Å². The summed E-state index contributed by atoms with van der Waals surface area (Å²) in [5.41, 5.74) is 0.0966. The van der Waals surface area contributed by atoms with Gasteiger partial charge < -0.3 is 9.84 Å². The average molecular weight is 170 g/mol. The van der Waals surface area contributed by atoms with Gasteiger partial charge in [0.25, 0.3) is 0 Å². The Morgan fingerprint density at radius 1 is 1.75 bits per heavy atom. The Morgan fingerprint density at radius 3 is 2.75 bits per heavy atom. The molecule has 0 aromatic heterocycles. The van der Waals surface area contributed by atoms with Gasteiger partial charge in [-0.2, -0.15) is 0 Å². The van der Waals surface area contributed by atoms with E-state index in [-0.39, 0.29) is 5.57 Å². The van der Waals surface area contributed by atoms with E-state index in [1.807, 2.05) is 0 Å². The van der Waals surface area contributed by atoms with Crippen LogP contribution in [0.25, 0.3) is 0 Å². The number of aliphatic hydroxyl groups excluding tert-OH is 1. The van der Waals surface area contributed by atoms with Crippen LogP contribution in [0, 0.1) is 0 Å². The van der Waals surface area contributed by atoms with Gasteiger partial charge in [-0.3, -0.25) is 0 Å². The van der Waals surface area contributed by atoms with E-state index in [1.165, 1.54) is 7.11 Å². The lowest BCUT2D eigenvalue weighted by Gasteiger charge is -2.09. The Labute approximate surface area is 72.3 Å². The fourth-order valence-electron chi connectivity index (χ4n) is 0.717. The summed E-state index contributed by atoms with van der Waals surface area (Å²) in [6, 6.07) is 0. The third kappa shape index (κ3) is 3.34. The van der Waals surface area contributed by atoms with Crippen molar-refractivity contribution >= 4 is 5.97 Å². The summed E-state index contributed by atoms with van der Waals surface area (Å²) in [5.74, 6) is -0.563. The highest BCUT2D eigenvalue weighted by molar-refractivity contribution is 5.88. The predicted molar refractivity (Wildman–Crippen MR) is 46.6 cm³/mol. The number of rotatable bonds is 5. The third-order valence-electron chi connectivity index (χ3n) is 1.49. The van der Waals surface area contributed by atoms with Gasteiger partial charge in [-0.1, -0.05) is 12.7 Å². The van der Waals surface area contributed by atoms with Crippen LogP contribution in [0.3, 0.4) is 0 Å². The molecular formula is C9H14O3. The highest BCUT2D eigenvalue weighted by Crippen LogP contribution is 2.08. The van der Waals surface area contributed by atoms with Crippen molar-refractivity contribution < 1.29 is 14.6 Å². The molecule has 0 amide bonds. The molecule has 0 spiro atoms. The Hall–Kier alpha value is -1.09. The lowest BCUT2D eigenvalue weighted by molar-refractivity contribution is -0.137. The molecule has 0 aliphatic carbocycles. The second-order valence-electron chi connectivity index (χ2n) is 2.40. The zero-order chi connectivity index (χ0) is 9.56. The summed E-state index contributed by atoms with van der Waals surface area (Å²) < 4.78 is 4.39. The molecule has 1 N–H and O–H groups in total. The molecule has 0 rings (SSSR count). The fourth-order valence-corrected chi connectivity index (χ4v) is 0.717.